The molecule has 0 bridgehead atoms. The molecule has 1 aromatic rings. The van der Waals surface area contributed by atoms with Crippen molar-refractivity contribution in [2.45, 2.75) is 37.9 Å². The van der Waals surface area contributed by atoms with Gasteiger partial charge in [0.05, 0.1) is 18.8 Å². The zero-order valence-electron chi connectivity index (χ0n) is 12.7. The molecule has 1 aromatic carbocycles. The number of benzene rings is 1. The van der Waals surface area contributed by atoms with Crippen molar-refractivity contribution in [1.29, 1.82) is 0 Å². The molecule has 1 heterocycles. The topological polar surface area (TPSA) is 47.6 Å². The van der Waals surface area contributed by atoms with E-state index in [1.165, 1.54) is 5.56 Å². The lowest BCUT2D eigenvalue weighted by atomic mass is 10.00. The maximum atomic E-state index is 12.2. The van der Waals surface area contributed by atoms with E-state index in [4.69, 9.17) is 9.47 Å². The van der Waals surface area contributed by atoms with Crippen molar-refractivity contribution >= 4 is 5.91 Å². The number of carbonyl (C=O) groups excluding carboxylic acids is 1. The molecule has 114 valence electrons. The Hall–Kier alpha value is -1.39. The molecule has 0 aromatic heterocycles. The van der Waals surface area contributed by atoms with Gasteiger partial charge in [0.25, 0.3) is 0 Å². The molecule has 0 spiro atoms. The fourth-order valence-corrected chi connectivity index (χ4v) is 2.97. The summed E-state index contributed by atoms with van der Waals surface area (Å²) < 4.78 is 11.4. The van der Waals surface area contributed by atoms with Gasteiger partial charge in [-0.05, 0) is 31.7 Å². The smallest absolute Gasteiger partial charge is 0.223 e. The number of rotatable bonds is 4. The van der Waals surface area contributed by atoms with Crippen LogP contribution in [0.15, 0.2) is 30.3 Å². The van der Waals surface area contributed by atoms with Crippen molar-refractivity contribution in [2.75, 3.05) is 19.8 Å². The van der Waals surface area contributed by atoms with Crippen LogP contribution < -0.4 is 5.32 Å². The Morgan fingerprint density at radius 2 is 2.05 bits per heavy atom. The van der Waals surface area contributed by atoms with Crippen LogP contribution >= 0.6 is 0 Å². The van der Waals surface area contributed by atoms with Crippen molar-refractivity contribution in [1.82, 2.24) is 5.32 Å². The minimum Gasteiger partial charge on any atom is -0.371 e. The van der Waals surface area contributed by atoms with Crippen molar-refractivity contribution < 1.29 is 14.3 Å². The largest absolute Gasteiger partial charge is 0.371 e. The normalized spacial score (nSPS) is 30.7. The predicted molar refractivity (Wildman–Crippen MR) is 80.1 cm³/mol. The van der Waals surface area contributed by atoms with Crippen molar-refractivity contribution in [3.63, 3.8) is 0 Å². The number of hydrogen-bond donors (Lipinski definition) is 1. The molecule has 2 aliphatic rings. The lowest BCUT2D eigenvalue weighted by molar-refractivity contribution is -0.184. The highest BCUT2D eigenvalue weighted by molar-refractivity contribution is 5.82. The van der Waals surface area contributed by atoms with E-state index in [1.807, 2.05) is 32.0 Å². The lowest BCUT2D eigenvalue weighted by Gasteiger charge is -2.38. The van der Waals surface area contributed by atoms with Gasteiger partial charge in [-0.25, -0.2) is 0 Å². The summed E-state index contributed by atoms with van der Waals surface area (Å²) in [5.74, 6) is 0.622. The summed E-state index contributed by atoms with van der Waals surface area (Å²) in [6.45, 7) is 5.75. The van der Waals surface area contributed by atoms with E-state index in [9.17, 15) is 4.79 Å². The van der Waals surface area contributed by atoms with Gasteiger partial charge >= 0.3 is 0 Å². The van der Waals surface area contributed by atoms with Crippen LogP contribution in [0, 0.1) is 5.92 Å². The molecule has 1 aliphatic heterocycles. The van der Waals surface area contributed by atoms with Crippen LogP contribution in [0.2, 0.25) is 0 Å². The van der Waals surface area contributed by atoms with E-state index in [0.717, 1.165) is 6.42 Å². The van der Waals surface area contributed by atoms with Crippen LogP contribution in [0.1, 0.15) is 31.7 Å². The third-order valence-electron chi connectivity index (χ3n) is 4.47. The van der Waals surface area contributed by atoms with Crippen molar-refractivity contribution in [2.24, 2.45) is 5.92 Å². The zero-order chi connectivity index (χ0) is 14.9. The molecule has 1 unspecified atom stereocenters. The average Bonchev–Trinajstić information content (AvgIpc) is 3.27. The van der Waals surface area contributed by atoms with Crippen LogP contribution in [0.5, 0.6) is 0 Å². The average molecular weight is 289 g/mol. The van der Waals surface area contributed by atoms with Crippen LogP contribution in [-0.2, 0) is 14.3 Å². The van der Waals surface area contributed by atoms with Crippen LogP contribution in [0.25, 0.3) is 0 Å². The minimum absolute atomic E-state index is 0.0795. The van der Waals surface area contributed by atoms with Gasteiger partial charge in [-0.1, -0.05) is 30.3 Å². The maximum Gasteiger partial charge on any atom is 0.223 e. The Kier molecular flexibility index (Phi) is 4.00. The highest BCUT2D eigenvalue weighted by Crippen LogP contribution is 2.47. The zero-order valence-corrected chi connectivity index (χ0v) is 12.7. The molecule has 4 nitrogen and oxygen atoms in total. The van der Waals surface area contributed by atoms with Crippen LogP contribution in [0.4, 0.5) is 0 Å². The summed E-state index contributed by atoms with van der Waals surface area (Å²) >= 11 is 0. The Bertz CT molecular complexity index is 500. The summed E-state index contributed by atoms with van der Waals surface area (Å²) in [5, 5.41) is 3.03. The molecule has 0 radical (unpaired) electrons. The summed E-state index contributed by atoms with van der Waals surface area (Å²) in [4.78, 5) is 12.2. The number of amides is 1. The maximum absolute atomic E-state index is 12.2. The van der Waals surface area contributed by atoms with Gasteiger partial charge in [0.2, 0.25) is 5.91 Å². The fraction of sp³-hybridized carbons (Fsp3) is 0.588. The Morgan fingerprint density at radius 3 is 2.76 bits per heavy atom. The van der Waals surface area contributed by atoms with Gasteiger partial charge < -0.3 is 14.8 Å². The third-order valence-corrected chi connectivity index (χ3v) is 4.47. The second-order valence-corrected chi connectivity index (χ2v) is 6.42. The molecule has 4 heteroatoms. The number of carbonyl (C=O) groups is 1. The van der Waals surface area contributed by atoms with Crippen molar-refractivity contribution in [3.05, 3.63) is 35.9 Å². The standard InChI is InChI=1S/C17H23NO3/c1-17(2)15(20-8-9-21-17)11-18-16(19)14-10-13(14)12-6-4-3-5-7-12/h3-7,13-15H,8-11H2,1-2H3,(H,18,19)/t13-,14+,15?/m0/s1. The van der Waals surface area contributed by atoms with Crippen molar-refractivity contribution in [3.8, 4) is 0 Å². The summed E-state index contributed by atoms with van der Waals surface area (Å²) in [6, 6.07) is 10.2. The first-order valence-corrected chi connectivity index (χ1v) is 7.66. The summed E-state index contributed by atoms with van der Waals surface area (Å²) in [6.07, 6.45) is 0.866. The molecule has 1 aliphatic carbocycles. The summed E-state index contributed by atoms with van der Waals surface area (Å²) in [5.41, 5.74) is 0.920. The number of hydrogen-bond acceptors (Lipinski definition) is 3. The Balaban J connectivity index is 1.50. The van der Waals surface area contributed by atoms with E-state index in [2.05, 4.69) is 17.4 Å². The van der Waals surface area contributed by atoms with Gasteiger partial charge in [-0.2, -0.15) is 0 Å². The highest BCUT2D eigenvalue weighted by Gasteiger charge is 2.44. The monoisotopic (exact) mass is 289 g/mol. The molecule has 2 fully saturated rings. The van der Waals surface area contributed by atoms with Crippen LogP contribution in [0.3, 0.4) is 0 Å². The van der Waals surface area contributed by atoms with Gasteiger partial charge in [0, 0.05) is 12.5 Å². The molecule has 1 saturated carbocycles. The summed E-state index contributed by atoms with van der Waals surface area (Å²) in [7, 11) is 0. The first-order chi connectivity index (χ1) is 10.1. The molecule has 3 atom stereocenters. The van der Waals surface area contributed by atoms with E-state index >= 15 is 0 Å². The second kappa shape index (κ2) is 5.78. The predicted octanol–water partition coefficient (Wildman–Crippen LogP) is 2.10. The number of nitrogens with one attached hydrogen (secondary N) is 1. The Labute approximate surface area is 125 Å². The molecular weight excluding hydrogens is 266 g/mol. The second-order valence-electron chi connectivity index (χ2n) is 6.42. The molecule has 1 N–H and O–H groups in total. The lowest BCUT2D eigenvalue weighted by Crippen LogP contribution is -2.52. The van der Waals surface area contributed by atoms with E-state index < -0.39 is 0 Å². The fourth-order valence-electron chi connectivity index (χ4n) is 2.97. The minimum atomic E-state index is -0.339. The van der Waals surface area contributed by atoms with Gasteiger partial charge in [-0.3, -0.25) is 4.79 Å². The van der Waals surface area contributed by atoms with E-state index in [0.29, 0.717) is 25.7 Å². The quantitative estimate of drug-likeness (QED) is 0.923. The van der Waals surface area contributed by atoms with E-state index in [-0.39, 0.29) is 23.5 Å². The van der Waals surface area contributed by atoms with Gasteiger partial charge in [0.15, 0.2) is 0 Å². The first kappa shape index (κ1) is 14.5. The molecule has 1 saturated heterocycles. The Morgan fingerprint density at radius 1 is 1.29 bits per heavy atom. The van der Waals surface area contributed by atoms with Gasteiger partial charge in [0.1, 0.15) is 6.10 Å². The van der Waals surface area contributed by atoms with Gasteiger partial charge in [-0.15, -0.1) is 0 Å². The molecule has 1 amide bonds. The SMILES string of the molecule is CC1(C)OCCOC1CNC(=O)[C@@H]1C[C@H]1c1ccccc1. The molecule has 21 heavy (non-hydrogen) atoms. The van der Waals surface area contributed by atoms with E-state index in [1.54, 1.807) is 0 Å². The highest BCUT2D eigenvalue weighted by atomic mass is 16.6. The molecular formula is C17H23NO3. The van der Waals surface area contributed by atoms with Crippen LogP contribution in [-0.4, -0.2) is 37.4 Å². The first-order valence-electron chi connectivity index (χ1n) is 7.66. The third kappa shape index (κ3) is 3.27. The molecule has 3 rings (SSSR count). The number of ether oxygens (including phenoxy) is 2.